The summed E-state index contributed by atoms with van der Waals surface area (Å²) in [6.45, 7) is 1.94. The zero-order valence-corrected chi connectivity index (χ0v) is 11.9. The van der Waals surface area contributed by atoms with Gasteiger partial charge in [0.1, 0.15) is 5.82 Å². The summed E-state index contributed by atoms with van der Waals surface area (Å²) in [4.78, 5) is 0. The Hall–Kier alpha value is -1.94. The average Bonchev–Trinajstić information content (AvgIpc) is 2.42. The van der Waals surface area contributed by atoms with Crippen LogP contribution in [0.1, 0.15) is 18.5 Å². The molecule has 3 nitrogen and oxygen atoms in total. The smallest absolute Gasteiger partial charge is 0.160 e. The SMILES string of the molecule is COc1cc(C(C)Nc2ccc(F)cc2Cl)ccc1O. The van der Waals surface area contributed by atoms with Gasteiger partial charge in [0.25, 0.3) is 0 Å². The zero-order valence-electron chi connectivity index (χ0n) is 11.2. The molecule has 0 saturated carbocycles. The normalized spacial score (nSPS) is 12.0. The molecule has 0 amide bonds. The van der Waals surface area contributed by atoms with Gasteiger partial charge in [-0.2, -0.15) is 0 Å². The molecule has 1 atom stereocenters. The van der Waals surface area contributed by atoms with Gasteiger partial charge in [-0.1, -0.05) is 17.7 Å². The first-order valence-electron chi connectivity index (χ1n) is 6.09. The molecule has 0 aromatic heterocycles. The van der Waals surface area contributed by atoms with Crippen molar-refractivity contribution in [3.8, 4) is 11.5 Å². The van der Waals surface area contributed by atoms with Crippen LogP contribution in [-0.4, -0.2) is 12.2 Å². The van der Waals surface area contributed by atoms with E-state index in [1.807, 2.05) is 6.92 Å². The van der Waals surface area contributed by atoms with E-state index in [4.69, 9.17) is 16.3 Å². The van der Waals surface area contributed by atoms with E-state index >= 15 is 0 Å². The Morgan fingerprint density at radius 2 is 2.00 bits per heavy atom. The van der Waals surface area contributed by atoms with E-state index in [-0.39, 0.29) is 17.6 Å². The second kappa shape index (κ2) is 6.01. The lowest BCUT2D eigenvalue weighted by Gasteiger charge is -2.17. The lowest BCUT2D eigenvalue weighted by molar-refractivity contribution is 0.373. The quantitative estimate of drug-likeness (QED) is 0.880. The van der Waals surface area contributed by atoms with Crippen molar-refractivity contribution in [3.05, 3.63) is 52.8 Å². The highest BCUT2D eigenvalue weighted by Crippen LogP contribution is 2.31. The number of anilines is 1. The number of nitrogens with one attached hydrogen (secondary N) is 1. The summed E-state index contributed by atoms with van der Waals surface area (Å²) in [5.41, 5.74) is 1.56. The predicted octanol–water partition coefficient (Wildman–Crippen LogP) is 4.37. The van der Waals surface area contributed by atoms with E-state index in [1.54, 1.807) is 24.3 Å². The monoisotopic (exact) mass is 295 g/mol. The van der Waals surface area contributed by atoms with E-state index in [0.717, 1.165) is 5.56 Å². The van der Waals surface area contributed by atoms with Crippen molar-refractivity contribution in [2.24, 2.45) is 0 Å². The Kier molecular flexibility index (Phi) is 4.35. The van der Waals surface area contributed by atoms with Crippen LogP contribution >= 0.6 is 11.6 Å². The molecule has 0 fully saturated rings. The maximum atomic E-state index is 13.0. The number of ether oxygens (including phenoxy) is 1. The van der Waals surface area contributed by atoms with Crippen molar-refractivity contribution in [1.29, 1.82) is 0 Å². The van der Waals surface area contributed by atoms with Crippen molar-refractivity contribution in [2.75, 3.05) is 12.4 Å². The third-order valence-corrected chi connectivity index (χ3v) is 3.32. The molecule has 0 saturated heterocycles. The zero-order chi connectivity index (χ0) is 14.7. The van der Waals surface area contributed by atoms with Gasteiger partial charge in [-0.15, -0.1) is 0 Å². The topological polar surface area (TPSA) is 41.5 Å². The lowest BCUT2D eigenvalue weighted by atomic mass is 10.1. The number of phenols is 1. The van der Waals surface area contributed by atoms with E-state index < -0.39 is 0 Å². The van der Waals surface area contributed by atoms with Crippen LogP contribution in [0.25, 0.3) is 0 Å². The van der Waals surface area contributed by atoms with Gasteiger partial charge in [-0.3, -0.25) is 0 Å². The second-order valence-corrected chi connectivity index (χ2v) is 4.83. The molecule has 2 N–H and O–H groups in total. The van der Waals surface area contributed by atoms with Crippen LogP contribution in [-0.2, 0) is 0 Å². The van der Waals surface area contributed by atoms with Crippen LogP contribution < -0.4 is 10.1 Å². The molecule has 2 aromatic rings. The number of hydrogen-bond donors (Lipinski definition) is 2. The van der Waals surface area contributed by atoms with Crippen molar-refractivity contribution < 1.29 is 14.2 Å². The standard InChI is InChI=1S/C15H15ClFNO2/c1-9(10-3-6-14(19)15(7-10)20-2)18-13-5-4-11(17)8-12(13)16/h3-9,18-19H,1-2H3. The molecule has 1 unspecified atom stereocenters. The van der Waals surface area contributed by atoms with Gasteiger partial charge in [0.2, 0.25) is 0 Å². The molecule has 0 spiro atoms. The minimum absolute atomic E-state index is 0.0764. The number of halogens is 2. The molecule has 0 heterocycles. The molecule has 0 aliphatic heterocycles. The van der Waals surface area contributed by atoms with Crippen LogP contribution in [0.2, 0.25) is 5.02 Å². The Balaban J connectivity index is 2.21. The number of benzene rings is 2. The van der Waals surface area contributed by atoms with Crippen LogP contribution in [0.5, 0.6) is 11.5 Å². The maximum absolute atomic E-state index is 13.0. The van der Waals surface area contributed by atoms with Gasteiger partial charge in [0.05, 0.1) is 17.8 Å². The molecule has 0 aliphatic rings. The minimum Gasteiger partial charge on any atom is -0.504 e. The number of rotatable bonds is 4. The first-order chi connectivity index (χ1) is 9.51. The molecular weight excluding hydrogens is 281 g/mol. The van der Waals surface area contributed by atoms with Crippen LogP contribution in [0.4, 0.5) is 10.1 Å². The fourth-order valence-corrected chi connectivity index (χ4v) is 2.11. The molecule has 106 valence electrons. The second-order valence-electron chi connectivity index (χ2n) is 4.42. The van der Waals surface area contributed by atoms with Gasteiger partial charge in [0.15, 0.2) is 11.5 Å². The highest BCUT2D eigenvalue weighted by Gasteiger charge is 2.11. The van der Waals surface area contributed by atoms with Gasteiger partial charge in [0, 0.05) is 6.04 Å². The summed E-state index contributed by atoms with van der Waals surface area (Å²) in [5, 5.41) is 13.1. The highest BCUT2D eigenvalue weighted by atomic mass is 35.5. The molecular formula is C15H15ClFNO2. The largest absolute Gasteiger partial charge is 0.504 e. The Morgan fingerprint density at radius 1 is 1.25 bits per heavy atom. The summed E-state index contributed by atoms with van der Waals surface area (Å²) >= 11 is 5.98. The molecule has 5 heteroatoms. The first kappa shape index (κ1) is 14.5. The van der Waals surface area contributed by atoms with Gasteiger partial charge >= 0.3 is 0 Å². The van der Waals surface area contributed by atoms with Gasteiger partial charge < -0.3 is 15.2 Å². The number of aromatic hydroxyl groups is 1. The fourth-order valence-electron chi connectivity index (χ4n) is 1.89. The van der Waals surface area contributed by atoms with Crippen LogP contribution in [0.15, 0.2) is 36.4 Å². The Labute approximate surface area is 122 Å². The van der Waals surface area contributed by atoms with Crippen molar-refractivity contribution >= 4 is 17.3 Å². The minimum atomic E-state index is -0.375. The summed E-state index contributed by atoms with van der Waals surface area (Å²) in [6, 6.07) is 9.21. The summed E-state index contributed by atoms with van der Waals surface area (Å²) in [5.74, 6) is 0.115. The number of phenolic OH excluding ortho intramolecular Hbond substituents is 1. The fraction of sp³-hybridized carbons (Fsp3) is 0.200. The summed E-state index contributed by atoms with van der Waals surface area (Å²) in [6.07, 6.45) is 0. The molecule has 0 radical (unpaired) electrons. The molecule has 0 aliphatic carbocycles. The molecule has 20 heavy (non-hydrogen) atoms. The van der Waals surface area contributed by atoms with Gasteiger partial charge in [-0.25, -0.2) is 4.39 Å². The van der Waals surface area contributed by atoms with Gasteiger partial charge in [-0.05, 0) is 42.8 Å². The number of hydrogen-bond acceptors (Lipinski definition) is 3. The number of methoxy groups -OCH3 is 1. The highest BCUT2D eigenvalue weighted by molar-refractivity contribution is 6.33. The third kappa shape index (κ3) is 3.14. The maximum Gasteiger partial charge on any atom is 0.160 e. The average molecular weight is 296 g/mol. The van der Waals surface area contributed by atoms with Crippen molar-refractivity contribution in [1.82, 2.24) is 0 Å². The molecule has 2 aromatic carbocycles. The Bertz CT molecular complexity index is 619. The van der Waals surface area contributed by atoms with E-state index in [1.165, 1.54) is 19.2 Å². The van der Waals surface area contributed by atoms with E-state index in [0.29, 0.717) is 16.5 Å². The van der Waals surface area contributed by atoms with Crippen molar-refractivity contribution in [3.63, 3.8) is 0 Å². The van der Waals surface area contributed by atoms with Crippen molar-refractivity contribution in [2.45, 2.75) is 13.0 Å². The first-order valence-corrected chi connectivity index (χ1v) is 6.47. The Morgan fingerprint density at radius 3 is 2.65 bits per heavy atom. The lowest BCUT2D eigenvalue weighted by Crippen LogP contribution is -2.07. The summed E-state index contributed by atoms with van der Waals surface area (Å²) < 4.78 is 18.1. The predicted molar refractivity (Wildman–Crippen MR) is 78.1 cm³/mol. The summed E-state index contributed by atoms with van der Waals surface area (Å²) in [7, 11) is 1.49. The molecule has 0 bridgehead atoms. The third-order valence-electron chi connectivity index (χ3n) is 3.01. The van der Waals surface area contributed by atoms with E-state index in [9.17, 15) is 9.50 Å². The molecule has 2 rings (SSSR count). The van der Waals surface area contributed by atoms with Crippen LogP contribution in [0, 0.1) is 5.82 Å². The van der Waals surface area contributed by atoms with E-state index in [2.05, 4.69) is 5.32 Å². The van der Waals surface area contributed by atoms with Crippen LogP contribution in [0.3, 0.4) is 0 Å².